The molecule has 28 heavy (non-hydrogen) atoms. The molecular formula is C21H25FN2O3S. The molecule has 0 aromatic heterocycles. The van der Waals surface area contributed by atoms with E-state index >= 15 is 0 Å². The lowest BCUT2D eigenvalue weighted by Gasteiger charge is -2.19. The van der Waals surface area contributed by atoms with Gasteiger partial charge in [0.2, 0.25) is 0 Å². The van der Waals surface area contributed by atoms with Gasteiger partial charge in [0.05, 0.1) is 0 Å². The van der Waals surface area contributed by atoms with Crippen LogP contribution in [-0.4, -0.2) is 29.9 Å². The molecule has 0 saturated carbocycles. The van der Waals surface area contributed by atoms with Crippen molar-refractivity contribution in [1.82, 2.24) is 5.32 Å². The van der Waals surface area contributed by atoms with Crippen molar-refractivity contribution in [2.75, 3.05) is 17.6 Å². The molecule has 0 aliphatic heterocycles. The van der Waals surface area contributed by atoms with Gasteiger partial charge in [-0.1, -0.05) is 24.3 Å². The van der Waals surface area contributed by atoms with Crippen molar-refractivity contribution in [3.8, 4) is 0 Å². The number of thioether (sulfide) groups is 1. The minimum atomic E-state index is -0.598. The number of halogens is 1. The summed E-state index contributed by atoms with van der Waals surface area (Å²) in [4.78, 5) is 24.1. The molecule has 0 radical (unpaired) electrons. The molecule has 2 amide bonds. The Balaban J connectivity index is 1.78. The third kappa shape index (κ3) is 7.60. The summed E-state index contributed by atoms with van der Waals surface area (Å²) >= 11 is 1.55. The molecule has 2 rings (SSSR count). The minimum Gasteiger partial charge on any atom is -0.444 e. The minimum absolute atomic E-state index is 0.215. The highest BCUT2D eigenvalue weighted by molar-refractivity contribution is 7.98. The first-order valence-corrected chi connectivity index (χ1v) is 10.1. The normalized spacial score (nSPS) is 11.0. The lowest BCUT2D eigenvalue weighted by molar-refractivity contribution is 0.0635. The maximum atomic E-state index is 13.5. The van der Waals surface area contributed by atoms with Crippen LogP contribution >= 0.6 is 11.8 Å². The van der Waals surface area contributed by atoms with E-state index in [9.17, 15) is 14.0 Å². The summed E-state index contributed by atoms with van der Waals surface area (Å²) in [5.74, 6) is 0.765. The number of amides is 2. The van der Waals surface area contributed by atoms with Crippen molar-refractivity contribution in [1.29, 1.82) is 0 Å². The van der Waals surface area contributed by atoms with E-state index in [0.717, 1.165) is 0 Å². The van der Waals surface area contributed by atoms with Crippen LogP contribution in [0.2, 0.25) is 0 Å². The van der Waals surface area contributed by atoms with E-state index in [0.29, 0.717) is 34.9 Å². The Labute approximate surface area is 169 Å². The second-order valence-corrected chi connectivity index (χ2v) is 8.21. The molecular weight excluding hydrogens is 379 g/mol. The first-order valence-electron chi connectivity index (χ1n) is 8.94. The van der Waals surface area contributed by atoms with Gasteiger partial charge in [0.15, 0.2) is 0 Å². The fourth-order valence-electron chi connectivity index (χ4n) is 2.30. The molecule has 0 fully saturated rings. The van der Waals surface area contributed by atoms with Gasteiger partial charge in [-0.15, -0.1) is 0 Å². The van der Waals surface area contributed by atoms with E-state index < -0.39 is 11.7 Å². The number of anilines is 1. The van der Waals surface area contributed by atoms with E-state index in [-0.39, 0.29) is 11.7 Å². The predicted molar refractivity (Wildman–Crippen MR) is 111 cm³/mol. The number of rotatable bonds is 7. The van der Waals surface area contributed by atoms with Crippen molar-refractivity contribution in [2.45, 2.75) is 32.1 Å². The van der Waals surface area contributed by atoms with Gasteiger partial charge < -0.3 is 10.1 Å². The molecule has 2 N–H and O–H groups in total. The van der Waals surface area contributed by atoms with Gasteiger partial charge in [0.25, 0.3) is 5.91 Å². The summed E-state index contributed by atoms with van der Waals surface area (Å²) in [6.07, 6.45) is -0.574. The zero-order valence-corrected chi connectivity index (χ0v) is 17.1. The number of nitrogens with one attached hydrogen (secondary N) is 2. The zero-order valence-electron chi connectivity index (χ0n) is 16.3. The van der Waals surface area contributed by atoms with E-state index in [4.69, 9.17) is 4.74 Å². The summed E-state index contributed by atoms with van der Waals surface area (Å²) in [6.45, 7) is 5.80. The standard InChI is InChI=1S/C21H25FN2O3S/c1-21(2,3)27-20(26)24-17-9-6-8-15(13-17)19(25)23-11-12-28-14-16-7-4-5-10-18(16)22/h4-10,13H,11-12,14H2,1-3H3,(H,23,25)(H,24,26). The molecule has 2 aromatic carbocycles. The van der Waals surface area contributed by atoms with Crippen molar-refractivity contribution in [3.05, 3.63) is 65.5 Å². The van der Waals surface area contributed by atoms with Gasteiger partial charge in [-0.3, -0.25) is 10.1 Å². The van der Waals surface area contributed by atoms with Gasteiger partial charge in [0.1, 0.15) is 11.4 Å². The van der Waals surface area contributed by atoms with Crippen LogP contribution in [0.15, 0.2) is 48.5 Å². The van der Waals surface area contributed by atoms with Gasteiger partial charge in [0, 0.05) is 29.3 Å². The van der Waals surface area contributed by atoms with E-state index in [1.807, 2.05) is 0 Å². The summed E-state index contributed by atoms with van der Waals surface area (Å²) < 4.78 is 18.7. The number of hydrogen-bond acceptors (Lipinski definition) is 4. The Morgan fingerprint density at radius 2 is 1.86 bits per heavy atom. The molecule has 7 heteroatoms. The summed E-state index contributed by atoms with van der Waals surface area (Å²) in [5.41, 5.74) is 0.975. The van der Waals surface area contributed by atoms with Gasteiger partial charge in [-0.2, -0.15) is 11.8 Å². The molecule has 0 aliphatic carbocycles. The van der Waals surface area contributed by atoms with Crippen LogP contribution in [0.3, 0.4) is 0 Å². The number of ether oxygens (including phenoxy) is 1. The predicted octanol–water partition coefficient (Wildman–Crippen LogP) is 4.84. The largest absolute Gasteiger partial charge is 0.444 e. The lowest BCUT2D eigenvalue weighted by atomic mass is 10.2. The Kier molecular flexibility index (Phi) is 7.87. The van der Waals surface area contributed by atoms with Crippen molar-refractivity contribution in [2.24, 2.45) is 0 Å². The summed E-state index contributed by atoms with van der Waals surface area (Å²) in [7, 11) is 0. The SMILES string of the molecule is CC(C)(C)OC(=O)Nc1cccc(C(=O)NCCSCc2ccccc2F)c1. The van der Waals surface area contributed by atoms with Crippen molar-refractivity contribution < 1.29 is 18.7 Å². The molecule has 0 aliphatic rings. The molecule has 5 nitrogen and oxygen atoms in total. The first-order chi connectivity index (χ1) is 13.2. The van der Waals surface area contributed by atoms with Crippen LogP contribution in [0.1, 0.15) is 36.7 Å². The summed E-state index contributed by atoms with van der Waals surface area (Å²) in [5, 5.41) is 5.43. The highest BCUT2D eigenvalue weighted by atomic mass is 32.2. The van der Waals surface area contributed by atoms with Crippen LogP contribution < -0.4 is 10.6 Å². The summed E-state index contributed by atoms with van der Waals surface area (Å²) in [6, 6.07) is 13.3. The maximum Gasteiger partial charge on any atom is 0.412 e. The second kappa shape index (κ2) is 10.1. The molecule has 2 aromatic rings. The fourth-order valence-corrected chi connectivity index (χ4v) is 3.14. The van der Waals surface area contributed by atoms with Crippen LogP contribution in [0.4, 0.5) is 14.9 Å². The Bertz CT molecular complexity index is 821. The number of hydrogen-bond donors (Lipinski definition) is 2. The lowest BCUT2D eigenvalue weighted by Crippen LogP contribution is -2.28. The van der Waals surface area contributed by atoms with Gasteiger partial charge in [-0.25, -0.2) is 9.18 Å². The van der Waals surface area contributed by atoms with Crippen LogP contribution in [0, 0.1) is 5.82 Å². The average molecular weight is 405 g/mol. The van der Waals surface area contributed by atoms with E-state index in [1.165, 1.54) is 6.07 Å². The van der Waals surface area contributed by atoms with Crippen LogP contribution in [0.5, 0.6) is 0 Å². The highest BCUT2D eigenvalue weighted by Crippen LogP contribution is 2.16. The zero-order chi connectivity index (χ0) is 20.6. The molecule has 0 spiro atoms. The quantitative estimate of drug-likeness (QED) is 0.648. The monoisotopic (exact) mass is 404 g/mol. The molecule has 0 unspecified atom stereocenters. The molecule has 0 bridgehead atoms. The fraction of sp³-hybridized carbons (Fsp3) is 0.333. The van der Waals surface area contributed by atoms with Crippen molar-refractivity contribution >= 4 is 29.4 Å². The molecule has 0 saturated heterocycles. The Morgan fingerprint density at radius 3 is 2.57 bits per heavy atom. The smallest absolute Gasteiger partial charge is 0.412 e. The van der Waals surface area contributed by atoms with Gasteiger partial charge in [-0.05, 0) is 50.6 Å². The highest BCUT2D eigenvalue weighted by Gasteiger charge is 2.16. The van der Waals surface area contributed by atoms with Crippen molar-refractivity contribution in [3.63, 3.8) is 0 Å². The van der Waals surface area contributed by atoms with Gasteiger partial charge >= 0.3 is 6.09 Å². The molecule has 150 valence electrons. The Morgan fingerprint density at radius 1 is 1.11 bits per heavy atom. The van der Waals surface area contributed by atoms with Crippen LogP contribution in [-0.2, 0) is 10.5 Å². The molecule has 0 heterocycles. The first kappa shape index (κ1) is 21.8. The second-order valence-electron chi connectivity index (χ2n) is 7.11. The number of benzene rings is 2. The van der Waals surface area contributed by atoms with Crippen LogP contribution in [0.25, 0.3) is 0 Å². The third-order valence-electron chi connectivity index (χ3n) is 3.52. The number of carbonyl (C=O) groups excluding carboxylic acids is 2. The van der Waals surface area contributed by atoms with E-state index in [1.54, 1.807) is 75.0 Å². The van der Waals surface area contributed by atoms with E-state index in [2.05, 4.69) is 10.6 Å². The topological polar surface area (TPSA) is 67.4 Å². The maximum absolute atomic E-state index is 13.5. The molecule has 0 atom stereocenters. The third-order valence-corrected chi connectivity index (χ3v) is 4.53. The average Bonchev–Trinajstić information content (AvgIpc) is 2.61. The number of carbonyl (C=O) groups is 2. The Hall–Kier alpha value is -2.54.